The summed E-state index contributed by atoms with van der Waals surface area (Å²) in [6.07, 6.45) is 3.39. The van der Waals surface area contributed by atoms with Gasteiger partial charge in [-0.1, -0.05) is 0 Å². The van der Waals surface area contributed by atoms with Gasteiger partial charge in [0.05, 0.1) is 13.1 Å². The van der Waals surface area contributed by atoms with E-state index >= 15 is 0 Å². The smallest absolute Gasteiger partial charge is 0.236 e. The number of nitrogens with one attached hydrogen (secondary N) is 1. The summed E-state index contributed by atoms with van der Waals surface area (Å²) in [5, 5.41) is 6.51. The molecule has 0 spiro atoms. The van der Waals surface area contributed by atoms with Crippen LogP contribution in [0.25, 0.3) is 0 Å². The van der Waals surface area contributed by atoms with Gasteiger partial charge in [-0.15, -0.1) is 0 Å². The maximum absolute atomic E-state index is 12.0. The Morgan fingerprint density at radius 3 is 2.94 bits per heavy atom. The molecule has 1 aromatic heterocycles. The second-order valence-corrected chi connectivity index (χ2v) is 4.80. The molecule has 0 atom stereocenters. The Balaban J connectivity index is 1.77. The minimum atomic E-state index is 0.0990. The summed E-state index contributed by atoms with van der Waals surface area (Å²) in [5.41, 5.74) is 5.84. The van der Waals surface area contributed by atoms with E-state index in [1.165, 1.54) is 6.33 Å². The van der Waals surface area contributed by atoms with Crippen LogP contribution in [0.15, 0.2) is 6.33 Å². The number of hydrogen-bond acceptors (Lipinski definition) is 5. The molecule has 1 fully saturated rings. The Morgan fingerprint density at radius 1 is 1.61 bits per heavy atom. The first kappa shape index (κ1) is 13.0. The Kier molecular flexibility index (Phi) is 4.27. The minimum absolute atomic E-state index is 0.0990. The summed E-state index contributed by atoms with van der Waals surface area (Å²) < 4.78 is 0. The number of carbonyl (C=O) groups is 1. The zero-order chi connectivity index (χ0) is 13.0. The summed E-state index contributed by atoms with van der Waals surface area (Å²) in [6, 6.07) is 0.295. The van der Waals surface area contributed by atoms with Crippen molar-refractivity contribution in [3.8, 4) is 0 Å². The molecule has 1 saturated heterocycles. The number of hydrogen-bond donors (Lipinski definition) is 2. The lowest BCUT2D eigenvalue weighted by molar-refractivity contribution is -0.132. The van der Waals surface area contributed by atoms with E-state index in [2.05, 4.69) is 20.1 Å². The molecule has 3 N–H and O–H groups in total. The molecular formula is C11H20N6O. The van der Waals surface area contributed by atoms with E-state index in [-0.39, 0.29) is 5.91 Å². The zero-order valence-electron chi connectivity index (χ0n) is 10.7. The van der Waals surface area contributed by atoms with Crippen molar-refractivity contribution in [2.45, 2.75) is 25.4 Å². The molecular weight excluding hydrogens is 232 g/mol. The van der Waals surface area contributed by atoms with Crippen LogP contribution in [0.1, 0.15) is 18.7 Å². The van der Waals surface area contributed by atoms with Gasteiger partial charge in [0.2, 0.25) is 5.91 Å². The zero-order valence-corrected chi connectivity index (χ0v) is 10.7. The van der Waals surface area contributed by atoms with Crippen LogP contribution in [-0.2, 0) is 11.3 Å². The maximum Gasteiger partial charge on any atom is 0.236 e. The van der Waals surface area contributed by atoms with E-state index in [1.807, 2.05) is 0 Å². The summed E-state index contributed by atoms with van der Waals surface area (Å²) >= 11 is 0. The molecule has 0 saturated carbocycles. The molecule has 18 heavy (non-hydrogen) atoms. The van der Waals surface area contributed by atoms with E-state index in [9.17, 15) is 4.79 Å². The lowest BCUT2D eigenvalue weighted by Gasteiger charge is -2.30. The Bertz CT molecular complexity index is 371. The third kappa shape index (κ3) is 3.51. The van der Waals surface area contributed by atoms with Gasteiger partial charge >= 0.3 is 0 Å². The molecule has 7 nitrogen and oxygen atoms in total. The number of nitrogens with two attached hydrogens (primary N) is 1. The summed E-state index contributed by atoms with van der Waals surface area (Å²) in [5.74, 6) is 0.799. The fourth-order valence-corrected chi connectivity index (χ4v) is 2.04. The van der Waals surface area contributed by atoms with Crippen molar-refractivity contribution >= 4 is 5.91 Å². The first-order valence-corrected chi connectivity index (χ1v) is 6.21. The third-order valence-electron chi connectivity index (χ3n) is 3.27. The summed E-state index contributed by atoms with van der Waals surface area (Å²) in [7, 11) is 1.78. The van der Waals surface area contributed by atoms with Crippen molar-refractivity contribution in [1.29, 1.82) is 0 Å². The molecule has 1 aliphatic rings. The number of likely N-dealkylation sites (N-methyl/N-ethyl adjacent to an activating group) is 1. The molecule has 0 radical (unpaired) electrons. The molecule has 2 heterocycles. The highest BCUT2D eigenvalue weighted by Crippen LogP contribution is 2.08. The predicted octanol–water partition coefficient (Wildman–Crippen LogP) is -0.814. The first-order chi connectivity index (χ1) is 8.65. The highest BCUT2D eigenvalue weighted by atomic mass is 16.2. The normalized spacial score (nSPS) is 17.9. The highest BCUT2D eigenvalue weighted by Gasteiger charge is 2.20. The van der Waals surface area contributed by atoms with Gasteiger partial charge in [-0.05, 0) is 12.8 Å². The monoisotopic (exact) mass is 252 g/mol. The average Bonchev–Trinajstić information content (AvgIpc) is 2.85. The van der Waals surface area contributed by atoms with Crippen LogP contribution >= 0.6 is 0 Å². The Hall–Kier alpha value is -1.47. The van der Waals surface area contributed by atoms with E-state index in [1.54, 1.807) is 11.9 Å². The summed E-state index contributed by atoms with van der Waals surface area (Å²) in [4.78, 5) is 19.8. The van der Waals surface area contributed by atoms with Crippen LogP contribution in [0.4, 0.5) is 0 Å². The topological polar surface area (TPSA) is 91.1 Å². The predicted molar refractivity (Wildman–Crippen MR) is 66.5 cm³/mol. The lowest BCUT2D eigenvalue weighted by atomic mass is 10.1. The quantitative estimate of drug-likeness (QED) is 0.731. The van der Waals surface area contributed by atoms with Crippen LogP contribution in [0.2, 0.25) is 0 Å². The standard InChI is InChI=1S/C11H20N6O/c1-16(6-10-13-8-14-15-10)11(18)7-17-4-2-9(12)3-5-17/h8-9H,2-7,12H2,1H3,(H,13,14,15). The van der Waals surface area contributed by atoms with E-state index in [4.69, 9.17) is 5.73 Å². The second kappa shape index (κ2) is 5.92. The van der Waals surface area contributed by atoms with Gasteiger partial charge in [0.1, 0.15) is 12.2 Å². The van der Waals surface area contributed by atoms with Gasteiger partial charge in [0, 0.05) is 26.2 Å². The van der Waals surface area contributed by atoms with Crippen molar-refractivity contribution in [1.82, 2.24) is 25.0 Å². The Morgan fingerprint density at radius 2 is 2.33 bits per heavy atom. The van der Waals surface area contributed by atoms with Gasteiger partial charge in [0.15, 0.2) is 0 Å². The van der Waals surface area contributed by atoms with Crippen molar-refractivity contribution in [2.24, 2.45) is 5.73 Å². The van der Waals surface area contributed by atoms with E-state index in [0.29, 0.717) is 25.0 Å². The average molecular weight is 252 g/mol. The molecule has 0 aliphatic carbocycles. The van der Waals surface area contributed by atoms with Gasteiger partial charge < -0.3 is 10.6 Å². The second-order valence-electron chi connectivity index (χ2n) is 4.80. The van der Waals surface area contributed by atoms with E-state index in [0.717, 1.165) is 25.9 Å². The maximum atomic E-state index is 12.0. The first-order valence-electron chi connectivity index (χ1n) is 6.21. The number of amides is 1. The summed E-state index contributed by atoms with van der Waals surface area (Å²) in [6.45, 7) is 2.73. The number of piperidine rings is 1. The molecule has 1 aliphatic heterocycles. The molecule has 1 aromatic rings. The third-order valence-corrected chi connectivity index (χ3v) is 3.27. The number of nitrogens with zero attached hydrogens (tertiary/aromatic N) is 4. The molecule has 1 amide bonds. The van der Waals surface area contributed by atoms with Crippen LogP contribution in [-0.4, -0.2) is 63.6 Å². The molecule has 0 unspecified atom stereocenters. The van der Waals surface area contributed by atoms with Gasteiger partial charge in [-0.3, -0.25) is 14.8 Å². The van der Waals surface area contributed by atoms with Gasteiger partial charge in [0.25, 0.3) is 0 Å². The fourth-order valence-electron chi connectivity index (χ4n) is 2.04. The number of rotatable bonds is 4. The minimum Gasteiger partial charge on any atom is -0.337 e. The number of H-pyrrole nitrogens is 1. The highest BCUT2D eigenvalue weighted by molar-refractivity contribution is 5.77. The molecule has 2 rings (SSSR count). The van der Waals surface area contributed by atoms with Crippen molar-refractivity contribution < 1.29 is 4.79 Å². The number of likely N-dealkylation sites (tertiary alicyclic amines) is 1. The van der Waals surface area contributed by atoms with Gasteiger partial charge in [-0.25, -0.2) is 4.98 Å². The fraction of sp³-hybridized carbons (Fsp3) is 0.727. The SMILES string of the molecule is CN(Cc1ncn[nH]1)C(=O)CN1CCC(N)CC1. The van der Waals surface area contributed by atoms with Crippen LogP contribution in [0.5, 0.6) is 0 Å². The lowest BCUT2D eigenvalue weighted by Crippen LogP contribution is -2.44. The molecule has 0 aromatic carbocycles. The van der Waals surface area contributed by atoms with Crippen molar-refractivity contribution in [2.75, 3.05) is 26.7 Å². The number of aromatic nitrogens is 3. The van der Waals surface area contributed by atoms with Gasteiger partial charge in [-0.2, -0.15) is 5.10 Å². The van der Waals surface area contributed by atoms with Crippen molar-refractivity contribution in [3.05, 3.63) is 12.2 Å². The number of carbonyl (C=O) groups excluding carboxylic acids is 1. The Labute approximate surface area is 106 Å². The van der Waals surface area contributed by atoms with Crippen LogP contribution in [0, 0.1) is 0 Å². The molecule has 0 bridgehead atoms. The largest absolute Gasteiger partial charge is 0.337 e. The van der Waals surface area contributed by atoms with E-state index < -0.39 is 0 Å². The van der Waals surface area contributed by atoms with Crippen LogP contribution in [0.3, 0.4) is 0 Å². The molecule has 100 valence electrons. The number of aromatic amines is 1. The van der Waals surface area contributed by atoms with Crippen LogP contribution < -0.4 is 5.73 Å². The molecule has 7 heteroatoms. The van der Waals surface area contributed by atoms with Crippen molar-refractivity contribution in [3.63, 3.8) is 0 Å².